The number of alkyl halides is 3. The smallest absolute Gasteiger partial charge is 0.416 e. The fourth-order valence-electron chi connectivity index (χ4n) is 5.41. The van der Waals surface area contributed by atoms with Crippen LogP contribution in [-0.2, 0) is 22.1 Å². The van der Waals surface area contributed by atoms with Crippen molar-refractivity contribution in [2.24, 2.45) is 0 Å². The first-order valence-electron chi connectivity index (χ1n) is 13.8. The van der Waals surface area contributed by atoms with E-state index in [1.807, 2.05) is 48.5 Å². The highest BCUT2D eigenvalue weighted by molar-refractivity contribution is 9.10. The summed E-state index contributed by atoms with van der Waals surface area (Å²) in [5.74, 6) is -0.400. The van der Waals surface area contributed by atoms with Gasteiger partial charge >= 0.3 is 12.1 Å². The Morgan fingerprint density at radius 1 is 0.837 bits per heavy atom. The minimum atomic E-state index is -4.42. The molecule has 1 saturated heterocycles. The third-order valence-electron chi connectivity index (χ3n) is 7.71. The molecule has 0 amide bonds. The molecule has 5 nitrogen and oxygen atoms in total. The fraction of sp³-hybridized carbons (Fsp3) is 0.235. The summed E-state index contributed by atoms with van der Waals surface area (Å²) in [6, 6.07) is 26.9. The lowest BCUT2D eigenvalue weighted by Crippen LogP contribution is -2.49. The summed E-state index contributed by atoms with van der Waals surface area (Å²) in [4.78, 5) is 30.3. The zero-order valence-corrected chi connectivity index (χ0v) is 25.1. The zero-order valence-electron chi connectivity index (χ0n) is 23.5. The van der Waals surface area contributed by atoms with E-state index in [1.165, 1.54) is 19.2 Å². The second-order valence-electron chi connectivity index (χ2n) is 10.4. The molecule has 43 heavy (non-hydrogen) atoms. The van der Waals surface area contributed by atoms with Crippen LogP contribution in [-0.4, -0.2) is 49.9 Å². The first-order valence-corrected chi connectivity index (χ1v) is 14.6. The predicted molar refractivity (Wildman–Crippen MR) is 164 cm³/mol. The van der Waals surface area contributed by atoms with E-state index in [1.54, 1.807) is 24.3 Å². The Hall–Kier alpha value is -3.95. The van der Waals surface area contributed by atoms with Crippen molar-refractivity contribution in [2.45, 2.75) is 18.6 Å². The van der Waals surface area contributed by atoms with Crippen LogP contribution in [0.15, 0.2) is 102 Å². The molecule has 1 aliphatic heterocycles. The summed E-state index contributed by atoms with van der Waals surface area (Å²) < 4.78 is 45.1. The van der Waals surface area contributed by atoms with Crippen molar-refractivity contribution in [3.05, 3.63) is 124 Å². The Morgan fingerprint density at radius 2 is 1.47 bits per heavy atom. The molecule has 0 saturated carbocycles. The molecule has 1 fully saturated rings. The molecule has 4 aromatic rings. The highest BCUT2D eigenvalue weighted by atomic mass is 79.9. The van der Waals surface area contributed by atoms with E-state index >= 15 is 0 Å². The number of ketones is 1. The lowest BCUT2D eigenvalue weighted by atomic mass is 9.93. The van der Waals surface area contributed by atoms with Crippen LogP contribution in [0.1, 0.15) is 33.1 Å². The van der Waals surface area contributed by atoms with Gasteiger partial charge in [-0.15, -0.1) is 0 Å². The number of nitrogens with zero attached hydrogens (tertiary/aromatic N) is 2. The highest BCUT2D eigenvalue weighted by Crippen LogP contribution is 2.32. The van der Waals surface area contributed by atoms with Gasteiger partial charge in [0.1, 0.15) is 6.04 Å². The maximum absolute atomic E-state index is 13.3. The number of halogens is 4. The fourth-order valence-corrected chi connectivity index (χ4v) is 5.68. The lowest BCUT2D eigenvalue weighted by molar-refractivity contribution is -0.147. The lowest BCUT2D eigenvalue weighted by Gasteiger charge is -2.39. The van der Waals surface area contributed by atoms with Crippen molar-refractivity contribution in [1.29, 1.82) is 0 Å². The first kappa shape index (κ1) is 30.5. The van der Waals surface area contributed by atoms with E-state index < -0.39 is 17.8 Å². The molecule has 222 valence electrons. The van der Waals surface area contributed by atoms with Crippen molar-refractivity contribution < 1.29 is 27.5 Å². The molecule has 0 N–H and O–H groups in total. The third kappa shape index (κ3) is 7.17. The zero-order chi connectivity index (χ0) is 30.6. The van der Waals surface area contributed by atoms with Crippen LogP contribution in [0, 0.1) is 0 Å². The Bertz CT molecular complexity index is 1560. The van der Waals surface area contributed by atoms with E-state index in [2.05, 4.69) is 25.7 Å². The number of hydrogen-bond donors (Lipinski definition) is 0. The number of methoxy groups -OCH3 is 1. The summed E-state index contributed by atoms with van der Waals surface area (Å²) in [6.07, 6.45) is -4.25. The molecule has 5 rings (SSSR count). The molecule has 4 aromatic carbocycles. The van der Waals surface area contributed by atoms with Gasteiger partial charge in [-0.2, -0.15) is 13.2 Å². The van der Waals surface area contributed by atoms with Gasteiger partial charge in [-0.25, -0.2) is 4.79 Å². The van der Waals surface area contributed by atoms with E-state index in [-0.39, 0.29) is 18.2 Å². The summed E-state index contributed by atoms with van der Waals surface area (Å²) in [5.41, 5.74) is 3.65. The summed E-state index contributed by atoms with van der Waals surface area (Å²) in [5, 5.41) is 0. The molecule has 1 atom stereocenters. The molecular weight excluding hydrogens is 621 g/mol. The van der Waals surface area contributed by atoms with Crippen LogP contribution in [0.4, 0.5) is 18.9 Å². The summed E-state index contributed by atoms with van der Waals surface area (Å²) >= 11 is 3.44. The van der Waals surface area contributed by atoms with Gasteiger partial charge in [0.2, 0.25) is 0 Å². The normalized spacial score (nSPS) is 14.8. The molecule has 1 heterocycles. The van der Waals surface area contributed by atoms with Gasteiger partial charge in [0.15, 0.2) is 5.78 Å². The largest absolute Gasteiger partial charge is 0.468 e. The Labute approximate surface area is 257 Å². The Kier molecular flexibility index (Phi) is 9.32. The van der Waals surface area contributed by atoms with Gasteiger partial charge in [-0.3, -0.25) is 9.69 Å². The van der Waals surface area contributed by atoms with Gasteiger partial charge in [-0.1, -0.05) is 76.6 Å². The monoisotopic (exact) mass is 650 g/mol. The highest BCUT2D eigenvalue weighted by Gasteiger charge is 2.32. The van der Waals surface area contributed by atoms with Gasteiger partial charge < -0.3 is 9.64 Å². The van der Waals surface area contributed by atoms with E-state index in [9.17, 15) is 22.8 Å². The second kappa shape index (κ2) is 13.1. The SMILES string of the molecule is COC(=O)C(c1ccc(Br)cc1)N1CCN(c2ccc(CC(=O)c3ccccc3-c3ccc(C(F)(F)F)cc3)cc2)CC1. The van der Waals surface area contributed by atoms with Crippen LogP contribution in [0.25, 0.3) is 11.1 Å². The Balaban J connectivity index is 1.23. The number of benzene rings is 4. The number of carbonyl (C=O) groups excluding carboxylic acids is 2. The molecule has 0 aliphatic carbocycles. The predicted octanol–water partition coefficient (Wildman–Crippen LogP) is 7.60. The quantitative estimate of drug-likeness (QED) is 0.145. The minimum absolute atomic E-state index is 0.112. The van der Waals surface area contributed by atoms with Gasteiger partial charge in [0, 0.05) is 48.3 Å². The molecular formula is C34H30BrF3N2O3. The van der Waals surface area contributed by atoms with Crippen LogP contribution in [0.3, 0.4) is 0 Å². The molecule has 0 bridgehead atoms. The number of carbonyl (C=O) groups is 2. The number of hydrogen-bond acceptors (Lipinski definition) is 5. The molecule has 1 unspecified atom stereocenters. The van der Waals surface area contributed by atoms with Crippen LogP contribution in [0.5, 0.6) is 0 Å². The maximum Gasteiger partial charge on any atom is 0.416 e. The number of rotatable bonds is 8. The molecule has 0 spiro atoms. The average Bonchev–Trinajstić information content (AvgIpc) is 3.02. The van der Waals surface area contributed by atoms with Crippen LogP contribution in [0.2, 0.25) is 0 Å². The minimum Gasteiger partial charge on any atom is -0.468 e. The summed E-state index contributed by atoms with van der Waals surface area (Å²) in [7, 11) is 1.41. The molecule has 1 aliphatic rings. The topological polar surface area (TPSA) is 49.9 Å². The van der Waals surface area contributed by atoms with Gasteiger partial charge in [-0.05, 0) is 58.7 Å². The summed E-state index contributed by atoms with van der Waals surface area (Å²) in [6.45, 7) is 2.80. The van der Waals surface area contributed by atoms with Crippen molar-refractivity contribution in [1.82, 2.24) is 4.90 Å². The molecule has 0 radical (unpaired) electrons. The van der Waals surface area contributed by atoms with E-state index in [4.69, 9.17) is 4.74 Å². The first-order chi connectivity index (χ1) is 20.6. The number of anilines is 1. The molecule has 9 heteroatoms. The molecule has 0 aromatic heterocycles. The van der Waals surface area contributed by atoms with Gasteiger partial charge in [0.25, 0.3) is 0 Å². The standard InChI is InChI=1S/C34H30BrF3N2O3/c1-43-33(42)32(25-10-14-27(35)15-11-25)40-20-18-39(19-21-40)28-16-6-23(7-17-28)22-31(41)30-5-3-2-4-29(30)24-8-12-26(13-9-24)34(36,37)38/h2-17,32H,18-22H2,1H3. The van der Waals surface area contributed by atoms with E-state index in [0.29, 0.717) is 29.8 Å². The van der Waals surface area contributed by atoms with E-state index in [0.717, 1.165) is 46.5 Å². The maximum atomic E-state index is 13.3. The van der Waals surface area contributed by atoms with Gasteiger partial charge in [0.05, 0.1) is 12.7 Å². The van der Waals surface area contributed by atoms with Crippen molar-refractivity contribution in [3.63, 3.8) is 0 Å². The second-order valence-corrected chi connectivity index (χ2v) is 11.3. The van der Waals surface area contributed by atoms with Crippen molar-refractivity contribution in [3.8, 4) is 11.1 Å². The number of esters is 1. The average molecular weight is 652 g/mol. The number of ether oxygens (including phenoxy) is 1. The third-order valence-corrected chi connectivity index (χ3v) is 8.24. The Morgan fingerprint density at radius 3 is 2.07 bits per heavy atom. The van der Waals surface area contributed by atoms with Crippen molar-refractivity contribution >= 4 is 33.4 Å². The van der Waals surface area contributed by atoms with Crippen molar-refractivity contribution in [2.75, 3.05) is 38.2 Å². The van der Waals surface area contributed by atoms with Crippen LogP contribution >= 0.6 is 15.9 Å². The number of piperazine rings is 1. The number of Topliss-reactive ketones (excluding diaryl/α,β-unsaturated/α-hetero) is 1. The van der Waals surface area contributed by atoms with Crippen LogP contribution < -0.4 is 4.90 Å².